The molecule has 84 valence electrons. The van der Waals surface area contributed by atoms with Crippen molar-refractivity contribution in [3.05, 3.63) is 11.9 Å². The molecular formula is C10H18N4O. The predicted octanol–water partition coefficient (Wildman–Crippen LogP) is 0.521. The fraction of sp³-hybridized carbons (Fsp3) is 0.800. The Balaban J connectivity index is 1.86. The zero-order valence-corrected chi connectivity index (χ0v) is 8.93. The smallest absolute Gasteiger partial charge is 0.0827 e. The summed E-state index contributed by atoms with van der Waals surface area (Å²) < 4.78 is 7.25. The second-order valence-electron chi connectivity index (χ2n) is 3.95. The first-order chi connectivity index (χ1) is 7.40. The molecule has 5 nitrogen and oxygen atoms in total. The van der Waals surface area contributed by atoms with Crippen LogP contribution in [0.2, 0.25) is 0 Å². The molecule has 0 saturated carbocycles. The van der Waals surface area contributed by atoms with Gasteiger partial charge in [-0.25, -0.2) is 4.68 Å². The monoisotopic (exact) mass is 210 g/mol. The van der Waals surface area contributed by atoms with Gasteiger partial charge in [-0.3, -0.25) is 0 Å². The fourth-order valence-corrected chi connectivity index (χ4v) is 1.79. The number of hydrogen-bond acceptors (Lipinski definition) is 4. The summed E-state index contributed by atoms with van der Waals surface area (Å²) in [6, 6.07) is 0.390. The summed E-state index contributed by atoms with van der Waals surface area (Å²) in [5.74, 6) is 0. The second-order valence-corrected chi connectivity index (χ2v) is 3.95. The Kier molecular flexibility index (Phi) is 3.69. The molecule has 0 bridgehead atoms. The highest BCUT2D eigenvalue weighted by Crippen LogP contribution is 2.17. The highest BCUT2D eigenvalue weighted by Gasteiger charge is 2.18. The minimum atomic E-state index is 0.390. The zero-order chi connectivity index (χ0) is 10.5. The van der Waals surface area contributed by atoms with Gasteiger partial charge in [0.2, 0.25) is 0 Å². The fourth-order valence-electron chi connectivity index (χ4n) is 1.79. The van der Waals surface area contributed by atoms with E-state index in [9.17, 15) is 0 Å². The van der Waals surface area contributed by atoms with Gasteiger partial charge in [0, 0.05) is 12.8 Å². The van der Waals surface area contributed by atoms with E-state index in [2.05, 4.69) is 10.3 Å². The molecule has 2 heterocycles. The van der Waals surface area contributed by atoms with Crippen molar-refractivity contribution in [2.45, 2.75) is 31.7 Å². The lowest BCUT2D eigenvalue weighted by Crippen LogP contribution is -2.09. The summed E-state index contributed by atoms with van der Waals surface area (Å²) in [4.78, 5) is 0. The molecule has 15 heavy (non-hydrogen) atoms. The van der Waals surface area contributed by atoms with Crippen LogP contribution in [0, 0.1) is 0 Å². The molecular weight excluding hydrogens is 192 g/mol. The van der Waals surface area contributed by atoms with Gasteiger partial charge < -0.3 is 10.5 Å². The molecule has 2 N–H and O–H groups in total. The third-order valence-corrected chi connectivity index (χ3v) is 2.72. The average Bonchev–Trinajstić information content (AvgIpc) is 2.87. The Morgan fingerprint density at radius 1 is 1.53 bits per heavy atom. The van der Waals surface area contributed by atoms with Crippen molar-refractivity contribution < 1.29 is 4.74 Å². The number of hydrogen-bond donors (Lipinski definition) is 1. The normalized spacial score (nSPS) is 21.0. The Morgan fingerprint density at radius 2 is 2.47 bits per heavy atom. The van der Waals surface area contributed by atoms with Crippen molar-refractivity contribution in [2.24, 2.45) is 5.73 Å². The number of nitrogens with zero attached hydrogens (tertiary/aromatic N) is 3. The molecule has 0 spiro atoms. The highest BCUT2D eigenvalue weighted by molar-refractivity contribution is 4.94. The first kappa shape index (κ1) is 10.6. The lowest BCUT2D eigenvalue weighted by Gasteiger charge is -2.05. The van der Waals surface area contributed by atoms with Crippen LogP contribution in [0.5, 0.6) is 0 Å². The SMILES string of the molecule is NCCCCc1cn(C2CCOC2)nn1. The maximum Gasteiger partial charge on any atom is 0.0827 e. The summed E-state index contributed by atoms with van der Waals surface area (Å²) in [6.45, 7) is 2.36. The van der Waals surface area contributed by atoms with E-state index in [0.29, 0.717) is 6.04 Å². The van der Waals surface area contributed by atoms with Crippen molar-refractivity contribution in [1.29, 1.82) is 0 Å². The van der Waals surface area contributed by atoms with Crippen LogP contribution in [0.25, 0.3) is 0 Å². The molecule has 0 aromatic carbocycles. The van der Waals surface area contributed by atoms with E-state index in [0.717, 1.165) is 51.1 Å². The Labute approximate surface area is 89.6 Å². The lowest BCUT2D eigenvalue weighted by atomic mass is 10.2. The van der Waals surface area contributed by atoms with Gasteiger partial charge in [-0.15, -0.1) is 5.10 Å². The van der Waals surface area contributed by atoms with Crippen LogP contribution in [0.4, 0.5) is 0 Å². The third-order valence-electron chi connectivity index (χ3n) is 2.72. The number of ether oxygens (including phenoxy) is 1. The van der Waals surface area contributed by atoms with E-state index in [4.69, 9.17) is 10.5 Å². The van der Waals surface area contributed by atoms with Gasteiger partial charge in [-0.1, -0.05) is 5.21 Å². The molecule has 1 fully saturated rings. The highest BCUT2D eigenvalue weighted by atomic mass is 16.5. The number of rotatable bonds is 5. The van der Waals surface area contributed by atoms with Gasteiger partial charge in [-0.05, 0) is 32.2 Å². The first-order valence-corrected chi connectivity index (χ1v) is 5.58. The largest absolute Gasteiger partial charge is 0.379 e. The standard InChI is InChI=1S/C10H18N4O/c11-5-2-1-3-9-7-14(13-12-9)10-4-6-15-8-10/h7,10H,1-6,8,11H2. The van der Waals surface area contributed by atoms with E-state index in [-0.39, 0.29) is 0 Å². The van der Waals surface area contributed by atoms with Crippen LogP contribution >= 0.6 is 0 Å². The molecule has 1 atom stereocenters. The molecule has 1 aromatic heterocycles. The first-order valence-electron chi connectivity index (χ1n) is 5.58. The maximum absolute atomic E-state index is 5.44. The lowest BCUT2D eigenvalue weighted by molar-refractivity contribution is 0.184. The van der Waals surface area contributed by atoms with E-state index in [1.807, 2.05) is 10.9 Å². The van der Waals surface area contributed by atoms with Crippen molar-refractivity contribution in [3.8, 4) is 0 Å². The Bertz CT molecular complexity index is 293. The van der Waals surface area contributed by atoms with Gasteiger partial charge in [0.1, 0.15) is 0 Å². The minimum absolute atomic E-state index is 0.390. The van der Waals surface area contributed by atoms with Crippen LogP contribution < -0.4 is 5.73 Å². The van der Waals surface area contributed by atoms with Crippen molar-refractivity contribution in [1.82, 2.24) is 15.0 Å². The Morgan fingerprint density at radius 3 is 3.20 bits per heavy atom. The van der Waals surface area contributed by atoms with Gasteiger partial charge in [0.25, 0.3) is 0 Å². The van der Waals surface area contributed by atoms with E-state index in [1.54, 1.807) is 0 Å². The Hall–Kier alpha value is -0.940. The minimum Gasteiger partial charge on any atom is -0.379 e. The number of aromatic nitrogens is 3. The number of unbranched alkanes of at least 4 members (excludes halogenated alkanes) is 1. The molecule has 0 amide bonds. The summed E-state index contributed by atoms with van der Waals surface area (Å²) >= 11 is 0. The number of nitrogens with two attached hydrogens (primary N) is 1. The van der Waals surface area contributed by atoms with Gasteiger partial charge in [0.15, 0.2) is 0 Å². The van der Waals surface area contributed by atoms with Crippen LogP contribution in [-0.2, 0) is 11.2 Å². The summed E-state index contributed by atoms with van der Waals surface area (Å²) in [5, 5.41) is 8.28. The molecule has 1 aromatic rings. The molecule has 1 saturated heterocycles. The van der Waals surface area contributed by atoms with Crippen LogP contribution in [-0.4, -0.2) is 34.8 Å². The zero-order valence-electron chi connectivity index (χ0n) is 8.93. The maximum atomic E-state index is 5.44. The molecule has 1 aliphatic rings. The summed E-state index contributed by atoms with van der Waals surface area (Å²) in [5.41, 5.74) is 6.50. The second kappa shape index (κ2) is 5.23. The molecule has 0 radical (unpaired) electrons. The van der Waals surface area contributed by atoms with E-state index < -0.39 is 0 Å². The van der Waals surface area contributed by atoms with Crippen molar-refractivity contribution in [3.63, 3.8) is 0 Å². The molecule has 1 aliphatic heterocycles. The third kappa shape index (κ3) is 2.76. The van der Waals surface area contributed by atoms with E-state index >= 15 is 0 Å². The van der Waals surface area contributed by atoms with Crippen LogP contribution in [0.1, 0.15) is 31.0 Å². The topological polar surface area (TPSA) is 66.0 Å². The van der Waals surface area contributed by atoms with Gasteiger partial charge in [-0.2, -0.15) is 0 Å². The van der Waals surface area contributed by atoms with Gasteiger partial charge in [0.05, 0.1) is 18.3 Å². The molecule has 1 unspecified atom stereocenters. The number of aryl methyl sites for hydroxylation is 1. The van der Waals surface area contributed by atoms with Gasteiger partial charge >= 0.3 is 0 Å². The predicted molar refractivity (Wildman–Crippen MR) is 56.5 cm³/mol. The summed E-state index contributed by atoms with van der Waals surface area (Å²) in [7, 11) is 0. The van der Waals surface area contributed by atoms with Crippen LogP contribution in [0.15, 0.2) is 6.20 Å². The van der Waals surface area contributed by atoms with Crippen molar-refractivity contribution in [2.75, 3.05) is 19.8 Å². The average molecular weight is 210 g/mol. The van der Waals surface area contributed by atoms with Crippen LogP contribution in [0.3, 0.4) is 0 Å². The van der Waals surface area contributed by atoms with E-state index in [1.165, 1.54) is 0 Å². The molecule has 0 aliphatic carbocycles. The van der Waals surface area contributed by atoms with Crippen molar-refractivity contribution >= 4 is 0 Å². The molecule has 2 rings (SSSR count). The quantitative estimate of drug-likeness (QED) is 0.720. The summed E-state index contributed by atoms with van der Waals surface area (Å²) in [6.07, 6.45) is 6.21. The molecule has 5 heteroatoms.